The van der Waals surface area contributed by atoms with Crippen molar-refractivity contribution in [1.82, 2.24) is 9.97 Å². The average molecular weight is 307 g/mol. The highest BCUT2D eigenvalue weighted by Crippen LogP contribution is 2.36. The summed E-state index contributed by atoms with van der Waals surface area (Å²) in [5, 5.41) is 6.49. The topological polar surface area (TPSA) is 56.3 Å². The predicted molar refractivity (Wildman–Crippen MR) is 84.9 cm³/mol. The molecule has 0 radical (unpaired) electrons. The second-order valence-corrected chi connectivity index (χ2v) is 6.00. The van der Waals surface area contributed by atoms with Crippen LogP contribution in [0.5, 0.6) is 0 Å². The van der Waals surface area contributed by atoms with Gasteiger partial charge >= 0.3 is 0 Å². The van der Waals surface area contributed by atoms with Gasteiger partial charge < -0.3 is 14.8 Å². The van der Waals surface area contributed by atoms with Gasteiger partial charge in [-0.15, -0.1) is 11.3 Å². The first kappa shape index (κ1) is 14.7. The van der Waals surface area contributed by atoms with Crippen LogP contribution in [-0.2, 0) is 15.1 Å². The Morgan fingerprint density at radius 1 is 1.33 bits per heavy atom. The average Bonchev–Trinajstić information content (AvgIpc) is 2.97. The molecule has 1 saturated heterocycles. The molecule has 1 aliphatic heterocycles. The van der Waals surface area contributed by atoms with E-state index in [9.17, 15) is 0 Å². The molecule has 1 fully saturated rings. The number of rotatable bonds is 5. The first-order valence-electron chi connectivity index (χ1n) is 7.50. The van der Waals surface area contributed by atoms with Crippen LogP contribution in [0.25, 0.3) is 10.2 Å². The van der Waals surface area contributed by atoms with Crippen molar-refractivity contribution in [1.29, 1.82) is 0 Å². The molecule has 0 unspecified atom stereocenters. The molecular formula is C15H21N3O2S. The van der Waals surface area contributed by atoms with Gasteiger partial charge in [-0.2, -0.15) is 0 Å². The summed E-state index contributed by atoms with van der Waals surface area (Å²) < 4.78 is 11.6. The van der Waals surface area contributed by atoms with E-state index in [1.54, 1.807) is 11.3 Å². The van der Waals surface area contributed by atoms with E-state index in [-0.39, 0.29) is 0 Å². The summed E-state index contributed by atoms with van der Waals surface area (Å²) in [6, 6.07) is 2.07. The quantitative estimate of drug-likeness (QED) is 0.919. The van der Waals surface area contributed by atoms with Crippen molar-refractivity contribution in [2.24, 2.45) is 0 Å². The van der Waals surface area contributed by atoms with Crippen LogP contribution in [-0.4, -0.2) is 36.3 Å². The van der Waals surface area contributed by atoms with Crippen LogP contribution in [0.2, 0.25) is 0 Å². The zero-order chi connectivity index (χ0) is 14.7. The molecule has 2 aromatic heterocycles. The molecule has 21 heavy (non-hydrogen) atoms. The minimum atomic E-state index is -0.407. The van der Waals surface area contributed by atoms with Crippen LogP contribution < -0.4 is 5.32 Å². The maximum absolute atomic E-state index is 6.09. The van der Waals surface area contributed by atoms with E-state index in [0.29, 0.717) is 19.8 Å². The fourth-order valence-electron chi connectivity index (χ4n) is 2.77. The van der Waals surface area contributed by atoms with Gasteiger partial charge in [0.2, 0.25) is 0 Å². The zero-order valence-electron chi connectivity index (χ0n) is 12.5. The Balaban J connectivity index is 2.08. The second-order valence-electron chi connectivity index (χ2n) is 5.11. The summed E-state index contributed by atoms with van der Waals surface area (Å²) in [6.45, 7) is 6.98. The van der Waals surface area contributed by atoms with Gasteiger partial charge in [-0.1, -0.05) is 0 Å². The Kier molecular flexibility index (Phi) is 4.37. The van der Waals surface area contributed by atoms with Gasteiger partial charge in [0.15, 0.2) is 5.82 Å². The molecule has 0 saturated carbocycles. The number of aromatic nitrogens is 2. The van der Waals surface area contributed by atoms with Crippen LogP contribution in [0.4, 0.5) is 5.82 Å². The van der Waals surface area contributed by atoms with Crippen molar-refractivity contribution < 1.29 is 9.47 Å². The number of nitrogens with one attached hydrogen (secondary N) is 1. The molecule has 6 heteroatoms. The Morgan fingerprint density at radius 2 is 2.14 bits per heavy atom. The smallest absolute Gasteiger partial charge is 0.164 e. The Bertz CT molecular complexity index is 602. The molecule has 1 aliphatic rings. The lowest BCUT2D eigenvalue weighted by Gasteiger charge is -2.35. The fraction of sp³-hybridized carbons (Fsp3) is 0.600. The number of ether oxygens (including phenoxy) is 2. The third-order valence-corrected chi connectivity index (χ3v) is 4.60. The lowest BCUT2D eigenvalue weighted by atomic mass is 9.93. The summed E-state index contributed by atoms with van der Waals surface area (Å²) >= 11 is 1.64. The highest BCUT2D eigenvalue weighted by atomic mass is 32.1. The van der Waals surface area contributed by atoms with E-state index < -0.39 is 5.60 Å². The Morgan fingerprint density at radius 3 is 2.86 bits per heavy atom. The molecule has 2 aromatic rings. The van der Waals surface area contributed by atoms with Gasteiger partial charge in [0.05, 0.1) is 5.39 Å². The number of anilines is 1. The van der Waals surface area contributed by atoms with Gasteiger partial charge in [-0.05, 0) is 25.3 Å². The highest BCUT2D eigenvalue weighted by molar-refractivity contribution is 7.16. The number of hydrogen-bond donors (Lipinski definition) is 1. The minimum absolute atomic E-state index is 0.407. The predicted octanol–water partition coefficient (Wildman–Crippen LogP) is 3.17. The summed E-state index contributed by atoms with van der Waals surface area (Å²) in [6.07, 6.45) is 1.62. The molecule has 0 amide bonds. The molecule has 114 valence electrons. The van der Waals surface area contributed by atoms with E-state index in [2.05, 4.69) is 23.7 Å². The minimum Gasteiger partial charge on any atom is -0.381 e. The lowest BCUT2D eigenvalue weighted by molar-refractivity contribution is -0.117. The third kappa shape index (κ3) is 2.75. The molecule has 0 bridgehead atoms. The maximum Gasteiger partial charge on any atom is 0.164 e. The largest absolute Gasteiger partial charge is 0.381 e. The van der Waals surface area contributed by atoms with Crippen LogP contribution >= 0.6 is 11.3 Å². The molecule has 1 N–H and O–H groups in total. The molecule has 5 nitrogen and oxygen atoms in total. The van der Waals surface area contributed by atoms with Gasteiger partial charge in [0.25, 0.3) is 0 Å². The van der Waals surface area contributed by atoms with Crippen molar-refractivity contribution in [3.8, 4) is 0 Å². The SMILES string of the molecule is CCNc1nc(C2(OCC)CCOCC2)nc2sccc12. The molecule has 0 aromatic carbocycles. The van der Waals surface area contributed by atoms with E-state index in [4.69, 9.17) is 19.4 Å². The molecule has 0 atom stereocenters. The zero-order valence-corrected chi connectivity index (χ0v) is 13.3. The molecule has 0 aliphatic carbocycles. The third-order valence-electron chi connectivity index (χ3n) is 3.80. The normalized spacial score (nSPS) is 18.0. The maximum atomic E-state index is 6.09. The molecule has 3 rings (SSSR count). The number of thiophene rings is 1. The van der Waals surface area contributed by atoms with Crippen molar-refractivity contribution in [2.45, 2.75) is 32.3 Å². The second kappa shape index (κ2) is 6.25. The first-order valence-corrected chi connectivity index (χ1v) is 8.38. The summed E-state index contributed by atoms with van der Waals surface area (Å²) in [5.74, 6) is 1.70. The van der Waals surface area contributed by atoms with E-state index in [0.717, 1.165) is 41.2 Å². The lowest BCUT2D eigenvalue weighted by Crippen LogP contribution is -2.38. The van der Waals surface area contributed by atoms with Gasteiger partial charge in [0.1, 0.15) is 16.2 Å². The monoisotopic (exact) mass is 307 g/mol. The fourth-order valence-corrected chi connectivity index (χ4v) is 3.54. The number of hydrogen-bond acceptors (Lipinski definition) is 6. The van der Waals surface area contributed by atoms with Gasteiger partial charge in [-0.25, -0.2) is 9.97 Å². The summed E-state index contributed by atoms with van der Waals surface area (Å²) in [7, 11) is 0. The summed E-state index contributed by atoms with van der Waals surface area (Å²) in [4.78, 5) is 10.6. The van der Waals surface area contributed by atoms with Gasteiger partial charge in [0, 0.05) is 39.2 Å². The van der Waals surface area contributed by atoms with Crippen LogP contribution in [0.3, 0.4) is 0 Å². The van der Waals surface area contributed by atoms with Crippen molar-refractivity contribution in [3.05, 3.63) is 17.3 Å². The van der Waals surface area contributed by atoms with Crippen LogP contribution in [0.1, 0.15) is 32.5 Å². The number of nitrogens with zero attached hydrogens (tertiary/aromatic N) is 2. The van der Waals surface area contributed by atoms with E-state index in [1.807, 2.05) is 6.92 Å². The van der Waals surface area contributed by atoms with Crippen molar-refractivity contribution >= 4 is 27.4 Å². The van der Waals surface area contributed by atoms with Crippen molar-refractivity contribution in [2.75, 3.05) is 31.7 Å². The van der Waals surface area contributed by atoms with Gasteiger partial charge in [-0.3, -0.25) is 0 Å². The molecule has 0 spiro atoms. The van der Waals surface area contributed by atoms with E-state index in [1.165, 1.54) is 0 Å². The molecule has 3 heterocycles. The van der Waals surface area contributed by atoms with Crippen molar-refractivity contribution in [3.63, 3.8) is 0 Å². The van der Waals surface area contributed by atoms with Crippen LogP contribution in [0, 0.1) is 0 Å². The highest BCUT2D eigenvalue weighted by Gasteiger charge is 2.38. The van der Waals surface area contributed by atoms with E-state index >= 15 is 0 Å². The molecular weight excluding hydrogens is 286 g/mol. The Hall–Kier alpha value is -1.24. The number of fused-ring (bicyclic) bond motifs is 1. The summed E-state index contributed by atoms with van der Waals surface area (Å²) in [5.41, 5.74) is -0.407. The Labute approximate surface area is 128 Å². The standard InChI is InChI=1S/C15H21N3O2S/c1-3-16-12-11-5-10-21-13(11)18-14(17-12)15(20-4-2)6-8-19-9-7-15/h5,10H,3-4,6-9H2,1-2H3,(H,16,17,18). The first-order chi connectivity index (χ1) is 10.3. The van der Waals surface area contributed by atoms with Crippen LogP contribution in [0.15, 0.2) is 11.4 Å².